The fourth-order valence-corrected chi connectivity index (χ4v) is 4.66. The number of benzene rings is 3. The van der Waals surface area contributed by atoms with Crippen LogP contribution in [0.3, 0.4) is 0 Å². The van der Waals surface area contributed by atoms with E-state index in [0.29, 0.717) is 0 Å². The zero-order chi connectivity index (χ0) is 21.9. The first-order valence-electron chi connectivity index (χ1n) is 11.4. The first-order valence-corrected chi connectivity index (χ1v) is 11.4. The Morgan fingerprint density at radius 2 is 1.75 bits per heavy atom. The van der Waals surface area contributed by atoms with Gasteiger partial charge in [0.05, 0.1) is 11.7 Å². The molecule has 0 saturated carbocycles. The minimum Gasteiger partial charge on any atom is -0.508 e. The van der Waals surface area contributed by atoms with E-state index < -0.39 is 0 Å². The average molecular weight is 425 g/mol. The molecule has 0 aliphatic carbocycles. The number of hydrogen-bond donors (Lipinski definition) is 1. The van der Waals surface area contributed by atoms with Gasteiger partial charge in [0.2, 0.25) is 0 Å². The Hall–Kier alpha value is -3.37. The van der Waals surface area contributed by atoms with Crippen LogP contribution in [-0.2, 0) is 4.74 Å². The maximum absolute atomic E-state index is 9.85. The van der Waals surface area contributed by atoms with Crippen LogP contribution in [0, 0.1) is 0 Å². The van der Waals surface area contributed by atoms with E-state index in [1.54, 1.807) is 12.1 Å². The Balaban J connectivity index is 1.66. The molecule has 5 rings (SSSR count). The highest BCUT2D eigenvalue weighted by Crippen LogP contribution is 2.36. The van der Waals surface area contributed by atoms with Gasteiger partial charge in [-0.2, -0.15) is 5.10 Å². The summed E-state index contributed by atoms with van der Waals surface area (Å²) in [5.41, 5.74) is 7.01. The molecule has 1 N–H and O–H groups in total. The molecule has 3 aromatic carbocycles. The lowest BCUT2D eigenvalue weighted by Gasteiger charge is -2.23. The van der Waals surface area contributed by atoms with Gasteiger partial charge in [-0.25, -0.2) is 4.68 Å². The van der Waals surface area contributed by atoms with Gasteiger partial charge in [0.1, 0.15) is 5.75 Å². The van der Waals surface area contributed by atoms with Gasteiger partial charge in [-0.1, -0.05) is 55.5 Å². The van der Waals surface area contributed by atoms with Gasteiger partial charge >= 0.3 is 0 Å². The molecule has 0 amide bonds. The number of aromatic nitrogens is 2. The van der Waals surface area contributed by atoms with E-state index in [0.717, 1.165) is 47.9 Å². The van der Waals surface area contributed by atoms with Crippen LogP contribution in [0.25, 0.3) is 22.0 Å². The Kier molecular flexibility index (Phi) is 5.78. The number of phenols is 1. The molecule has 0 spiro atoms. The van der Waals surface area contributed by atoms with Gasteiger partial charge < -0.3 is 9.84 Å². The predicted molar refractivity (Wildman–Crippen MR) is 129 cm³/mol. The molecule has 2 heterocycles. The predicted octanol–water partition coefficient (Wildman–Crippen LogP) is 6.81. The molecule has 0 bridgehead atoms. The quantitative estimate of drug-likeness (QED) is 0.358. The minimum absolute atomic E-state index is 0.0229. The summed E-state index contributed by atoms with van der Waals surface area (Å²) in [5.74, 6) is 0.273. The Morgan fingerprint density at radius 1 is 0.969 bits per heavy atom. The molecule has 162 valence electrons. The second-order valence-electron chi connectivity index (χ2n) is 8.30. The summed E-state index contributed by atoms with van der Waals surface area (Å²) in [5, 5.41) is 15.6. The molecule has 4 heteroatoms. The molecule has 1 fully saturated rings. The number of allylic oxidation sites excluding steroid dienone is 1. The van der Waals surface area contributed by atoms with Crippen LogP contribution in [0.2, 0.25) is 0 Å². The summed E-state index contributed by atoms with van der Waals surface area (Å²) in [6.07, 6.45) is 6.17. The number of hydrogen-bond acceptors (Lipinski definition) is 3. The Bertz CT molecular complexity index is 1230. The van der Waals surface area contributed by atoms with Gasteiger partial charge in [-0.3, -0.25) is 0 Å². The van der Waals surface area contributed by atoms with Crippen molar-refractivity contribution in [1.82, 2.24) is 9.78 Å². The molecule has 4 nitrogen and oxygen atoms in total. The van der Waals surface area contributed by atoms with Gasteiger partial charge in [0.15, 0.2) is 6.23 Å². The van der Waals surface area contributed by atoms with E-state index in [1.165, 1.54) is 23.1 Å². The first kappa shape index (κ1) is 20.5. The van der Waals surface area contributed by atoms with E-state index in [4.69, 9.17) is 4.74 Å². The number of phenolic OH excluding ortho intramolecular Hbond substituents is 1. The summed E-state index contributed by atoms with van der Waals surface area (Å²) in [6.45, 7) is 2.99. The average Bonchev–Trinajstić information content (AvgIpc) is 3.27. The molecule has 1 aliphatic rings. The fourth-order valence-electron chi connectivity index (χ4n) is 4.66. The van der Waals surface area contributed by atoms with E-state index >= 15 is 0 Å². The van der Waals surface area contributed by atoms with Crippen LogP contribution in [-0.4, -0.2) is 21.5 Å². The summed E-state index contributed by atoms with van der Waals surface area (Å²) in [7, 11) is 0. The van der Waals surface area contributed by atoms with Crippen LogP contribution < -0.4 is 0 Å². The lowest BCUT2D eigenvalue weighted by atomic mass is 9.88. The van der Waals surface area contributed by atoms with E-state index in [2.05, 4.69) is 54.5 Å². The van der Waals surface area contributed by atoms with Crippen LogP contribution in [0.4, 0.5) is 0 Å². The Morgan fingerprint density at radius 3 is 2.47 bits per heavy atom. The first-order chi connectivity index (χ1) is 15.7. The molecule has 1 aliphatic heterocycles. The molecule has 1 unspecified atom stereocenters. The Labute approximate surface area is 188 Å². The van der Waals surface area contributed by atoms with Crippen LogP contribution in [0.1, 0.15) is 55.5 Å². The summed E-state index contributed by atoms with van der Waals surface area (Å²) >= 11 is 0. The third kappa shape index (κ3) is 3.94. The molecular weight excluding hydrogens is 396 g/mol. The summed E-state index contributed by atoms with van der Waals surface area (Å²) in [4.78, 5) is 0. The van der Waals surface area contributed by atoms with E-state index in [-0.39, 0.29) is 12.0 Å². The second kappa shape index (κ2) is 9.01. The third-order valence-corrected chi connectivity index (χ3v) is 6.25. The molecule has 32 heavy (non-hydrogen) atoms. The molecule has 1 atom stereocenters. The van der Waals surface area contributed by atoms with Crippen molar-refractivity contribution < 1.29 is 9.84 Å². The van der Waals surface area contributed by atoms with Crippen molar-refractivity contribution >= 4 is 22.0 Å². The zero-order valence-corrected chi connectivity index (χ0v) is 18.4. The monoisotopic (exact) mass is 424 g/mol. The maximum Gasteiger partial charge on any atom is 0.150 e. The fraction of sp³-hybridized carbons (Fsp3) is 0.250. The largest absolute Gasteiger partial charge is 0.508 e. The molecule has 0 radical (unpaired) electrons. The van der Waals surface area contributed by atoms with E-state index in [1.807, 2.05) is 29.1 Å². The van der Waals surface area contributed by atoms with Crippen LogP contribution in [0.5, 0.6) is 5.75 Å². The molecule has 4 aromatic rings. The molecule has 1 aromatic heterocycles. The number of nitrogens with zero attached hydrogens (tertiary/aromatic N) is 2. The van der Waals surface area contributed by atoms with Crippen molar-refractivity contribution in [3.63, 3.8) is 0 Å². The number of aromatic hydroxyl groups is 1. The molecular formula is C28H28N2O2. The summed E-state index contributed by atoms with van der Waals surface area (Å²) < 4.78 is 8.00. The highest BCUT2D eigenvalue weighted by Gasteiger charge is 2.19. The van der Waals surface area contributed by atoms with Gasteiger partial charge in [-0.05, 0) is 77.8 Å². The highest BCUT2D eigenvalue weighted by atomic mass is 16.5. The summed E-state index contributed by atoms with van der Waals surface area (Å²) in [6, 6.07) is 24.6. The van der Waals surface area contributed by atoms with E-state index in [9.17, 15) is 5.11 Å². The van der Waals surface area contributed by atoms with Crippen molar-refractivity contribution in [3.8, 4) is 5.75 Å². The van der Waals surface area contributed by atoms with Crippen LogP contribution >= 0.6 is 0 Å². The topological polar surface area (TPSA) is 47.3 Å². The van der Waals surface area contributed by atoms with Crippen molar-refractivity contribution in [2.75, 3.05) is 6.61 Å². The SMILES string of the molecule is CCC(=C(c1ccc(O)cc1)c1ccc2c(cnn2C2CCCCO2)c1)c1ccccc1. The maximum atomic E-state index is 9.85. The number of rotatable bonds is 5. The lowest BCUT2D eigenvalue weighted by molar-refractivity contribution is -0.0366. The minimum atomic E-state index is 0.0229. The van der Waals surface area contributed by atoms with Crippen molar-refractivity contribution in [3.05, 3.63) is 95.7 Å². The third-order valence-electron chi connectivity index (χ3n) is 6.25. The normalized spacial score (nSPS) is 17.3. The van der Waals surface area contributed by atoms with Gasteiger partial charge in [-0.15, -0.1) is 0 Å². The highest BCUT2D eigenvalue weighted by molar-refractivity contribution is 6.00. The standard InChI is InChI=1S/C28H28N2O2/c1-2-25(20-8-4-3-5-9-20)28(21-11-14-24(31)15-12-21)22-13-16-26-23(18-22)19-29-30(26)27-10-6-7-17-32-27/h3-5,8-9,11-16,18-19,27,31H,2,6-7,10,17H2,1H3. The van der Waals surface area contributed by atoms with Crippen molar-refractivity contribution in [2.24, 2.45) is 0 Å². The number of ether oxygens (including phenoxy) is 1. The smallest absolute Gasteiger partial charge is 0.150 e. The van der Waals surface area contributed by atoms with Crippen LogP contribution in [0.15, 0.2) is 79.0 Å². The van der Waals surface area contributed by atoms with Crippen molar-refractivity contribution in [1.29, 1.82) is 0 Å². The molecule has 1 saturated heterocycles. The van der Waals surface area contributed by atoms with Gasteiger partial charge in [0.25, 0.3) is 0 Å². The number of fused-ring (bicyclic) bond motifs is 1. The zero-order valence-electron chi connectivity index (χ0n) is 18.4. The van der Waals surface area contributed by atoms with Crippen molar-refractivity contribution in [2.45, 2.75) is 38.8 Å². The lowest BCUT2D eigenvalue weighted by Crippen LogP contribution is -2.18. The second-order valence-corrected chi connectivity index (χ2v) is 8.30. The van der Waals surface area contributed by atoms with Gasteiger partial charge in [0, 0.05) is 12.0 Å².